The summed E-state index contributed by atoms with van der Waals surface area (Å²) in [6, 6.07) is 4.64. The summed E-state index contributed by atoms with van der Waals surface area (Å²) in [6.45, 7) is 8.48. The Bertz CT molecular complexity index is 394. The molecule has 0 amide bonds. The third-order valence-corrected chi connectivity index (χ3v) is 3.99. The lowest BCUT2D eigenvalue weighted by Crippen LogP contribution is -2.39. The van der Waals surface area contributed by atoms with E-state index in [0.717, 1.165) is 26.0 Å². The first-order chi connectivity index (χ1) is 9.20. The summed E-state index contributed by atoms with van der Waals surface area (Å²) in [5.74, 6) is 0.614. The lowest BCUT2D eigenvalue weighted by Gasteiger charge is -2.24. The van der Waals surface area contributed by atoms with Gasteiger partial charge in [-0.1, -0.05) is 13.0 Å². The number of aromatic nitrogens is 1. The molecule has 3 atom stereocenters. The Morgan fingerprint density at radius 2 is 2.37 bits per heavy atom. The highest BCUT2D eigenvalue weighted by atomic mass is 16.5. The van der Waals surface area contributed by atoms with Gasteiger partial charge in [-0.25, -0.2) is 0 Å². The fourth-order valence-electron chi connectivity index (χ4n) is 2.81. The number of nitrogens with one attached hydrogen (secondary N) is 1. The van der Waals surface area contributed by atoms with E-state index in [2.05, 4.69) is 37.1 Å². The van der Waals surface area contributed by atoms with Gasteiger partial charge in [0.1, 0.15) is 0 Å². The van der Waals surface area contributed by atoms with Crippen LogP contribution in [0.25, 0.3) is 0 Å². The third-order valence-electron chi connectivity index (χ3n) is 3.99. The molecule has 3 nitrogen and oxygen atoms in total. The minimum atomic E-state index is 0.403. The summed E-state index contributed by atoms with van der Waals surface area (Å²) in [6.07, 6.45) is 5.63. The van der Waals surface area contributed by atoms with E-state index in [4.69, 9.17) is 4.74 Å². The highest BCUT2D eigenvalue weighted by Gasteiger charge is 2.29. The smallest absolute Gasteiger partial charge is 0.0551 e. The molecule has 1 aromatic heterocycles. The summed E-state index contributed by atoms with van der Waals surface area (Å²) in [5.41, 5.74) is 2.51. The summed E-state index contributed by atoms with van der Waals surface area (Å²) in [4.78, 5) is 4.54. The first kappa shape index (κ1) is 14.5. The van der Waals surface area contributed by atoms with Gasteiger partial charge in [0.25, 0.3) is 0 Å². The molecule has 0 aromatic carbocycles. The van der Waals surface area contributed by atoms with E-state index in [0.29, 0.717) is 18.1 Å². The largest absolute Gasteiger partial charge is 0.378 e. The molecule has 1 saturated heterocycles. The van der Waals surface area contributed by atoms with E-state index in [1.54, 1.807) is 0 Å². The molecule has 2 rings (SSSR count). The van der Waals surface area contributed by atoms with Crippen LogP contribution in [0.15, 0.2) is 18.3 Å². The fourth-order valence-corrected chi connectivity index (χ4v) is 2.81. The number of hydrogen-bond acceptors (Lipinski definition) is 3. The van der Waals surface area contributed by atoms with E-state index in [-0.39, 0.29) is 0 Å². The molecule has 1 fully saturated rings. The highest BCUT2D eigenvalue weighted by Crippen LogP contribution is 2.24. The molecule has 0 spiro atoms. The molecule has 1 aliphatic heterocycles. The van der Waals surface area contributed by atoms with Crippen molar-refractivity contribution in [2.24, 2.45) is 5.92 Å². The Labute approximate surface area is 116 Å². The average molecular weight is 262 g/mol. The zero-order valence-corrected chi connectivity index (χ0v) is 12.4. The predicted molar refractivity (Wildman–Crippen MR) is 78.3 cm³/mol. The van der Waals surface area contributed by atoms with Crippen molar-refractivity contribution in [1.29, 1.82) is 0 Å². The number of pyridine rings is 1. The summed E-state index contributed by atoms with van der Waals surface area (Å²) in [7, 11) is 0. The van der Waals surface area contributed by atoms with Crippen molar-refractivity contribution >= 4 is 0 Å². The second-order valence-corrected chi connectivity index (χ2v) is 5.67. The minimum Gasteiger partial charge on any atom is -0.378 e. The van der Waals surface area contributed by atoms with Gasteiger partial charge in [-0.15, -0.1) is 0 Å². The Hall–Kier alpha value is -0.930. The Morgan fingerprint density at radius 1 is 1.53 bits per heavy atom. The molecular weight excluding hydrogens is 236 g/mol. The summed E-state index contributed by atoms with van der Waals surface area (Å²) < 4.78 is 5.73. The van der Waals surface area contributed by atoms with Crippen molar-refractivity contribution in [2.75, 3.05) is 13.2 Å². The maximum Gasteiger partial charge on any atom is 0.0551 e. The van der Waals surface area contributed by atoms with E-state index in [9.17, 15) is 0 Å². The molecule has 0 saturated carbocycles. The van der Waals surface area contributed by atoms with Crippen LogP contribution in [0, 0.1) is 12.8 Å². The molecule has 3 unspecified atom stereocenters. The molecule has 106 valence electrons. The number of aryl methyl sites for hydroxylation is 1. The zero-order valence-electron chi connectivity index (χ0n) is 12.4. The normalized spacial score (nSPS) is 24.6. The van der Waals surface area contributed by atoms with Gasteiger partial charge < -0.3 is 10.1 Å². The molecular formula is C16H26N2O. The van der Waals surface area contributed by atoms with Gasteiger partial charge in [0.15, 0.2) is 0 Å². The lowest BCUT2D eigenvalue weighted by atomic mass is 9.92. The van der Waals surface area contributed by atoms with Crippen LogP contribution >= 0.6 is 0 Å². The second-order valence-electron chi connectivity index (χ2n) is 5.67. The van der Waals surface area contributed by atoms with Crippen LogP contribution in [0.4, 0.5) is 0 Å². The van der Waals surface area contributed by atoms with Crippen LogP contribution in [0.5, 0.6) is 0 Å². The molecule has 1 aliphatic rings. The van der Waals surface area contributed by atoms with Crippen molar-refractivity contribution in [2.45, 2.75) is 52.2 Å². The first-order valence-electron chi connectivity index (χ1n) is 7.46. The van der Waals surface area contributed by atoms with Gasteiger partial charge in [0.05, 0.1) is 12.7 Å². The topological polar surface area (TPSA) is 34.2 Å². The maximum atomic E-state index is 5.73. The molecule has 2 heterocycles. The van der Waals surface area contributed by atoms with Crippen molar-refractivity contribution in [3.8, 4) is 0 Å². The van der Waals surface area contributed by atoms with E-state index >= 15 is 0 Å². The van der Waals surface area contributed by atoms with Gasteiger partial charge in [-0.2, -0.15) is 0 Å². The van der Waals surface area contributed by atoms with Crippen LogP contribution in [0.3, 0.4) is 0 Å². The number of ether oxygens (including phenoxy) is 1. The highest BCUT2D eigenvalue weighted by molar-refractivity contribution is 5.19. The summed E-state index contributed by atoms with van der Waals surface area (Å²) in [5, 5.41) is 3.69. The molecule has 1 N–H and O–H groups in total. The second kappa shape index (κ2) is 7.01. The average Bonchev–Trinajstić information content (AvgIpc) is 2.83. The predicted octanol–water partition coefficient (Wildman–Crippen LogP) is 2.73. The number of nitrogens with zero attached hydrogens (tertiary/aromatic N) is 1. The van der Waals surface area contributed by atoms with E-state index in [1.807, 2.05) is 12.3 Å². The number of rotatable bonds is 6. The lowest BCUT2D eigenvalue weighted by molar-refractivity contribution is 0.116. The molecule has 19 heavy (non-hydrogen) atoms. The van der Waals surface area contributed by atoms with Gasteiger partial charge in [0, 0.05) is 30.3 Å². The molecule has 0 bridgehead atoms. The van der Waals surface area contributed by atoms with Gasteiger partial charge >= 0.3 is 0 Å². The first-order valence-corrected chi connectivity index (χ1v) is 7.46. The maximum absolute atomic E-state index is 5.73. The van der Waals surface area contributed by atoms with Crippen LogP contribution in [-0.2, 0) is 11.2 Å². The van der Waals surface area contributed by atoms with Gasteiger partial charge in [-0.3, -0.25) is 4.98 Å². The standard InChI is InChI=1S/C16H26N2O/c1-4-7-17-16(14-9-13(3)19-11-14)10-15-12(2)6-5-8-18-15/h5-6,8,13-14,16-17H,4,7,9-11H2,1-3H3. The van der Waals surface area contributed by atoms with Crippen molar-refractivity contribution in [3.63, 3.8) is 0 Å². The minimum absolute atomic E-state index is 0.403. The zero-order chi connectivity index (χ0) is 13.7. The molecule has 1 aromatic rings. The fraction of sp³-hybridized carbons (Fsp3) is 0.688. The summed E-state index contributed by atoms with van der Waals surface area (Å²) >= 11 is 0. The van der Waals surface area contributed by atoms with Crippen molar-refractivity contribution < 1.29 is 4.74 Å². The number of hydrogen-bond donors (Lipinski definition) is 1. The Balaban J connectivity index is 2.03. The van der Waals surface area contributed by atoms with Crippen molar-refractivity contribution in [3.05, 3.63) is 29.6 Å². The van der Waals surface area contributed by atoms with Crippen molar-refractivity contribution in [1.82, 2.24) is 10.3 Å². The Kier molecular flexibility index (Phi) is 5.34. The molecule has 0 radical (unpaired) electrons. The Morgan fingerprint density at radius 3 is 3.00 bits per heavy atom. The van der Waals surface area contributed by atoms with Gasteiger partial charge in [0.2, 0.25) is 0 Å². The van der Waals surface area contributed by atoms with Crippen LogP contribution in [0.2, 0.25) is 0 Å². The van der Waals surface area contributed by atoms with Crippen LogP contribution in [0.1, 0.15) is 37.9 Å². The van der Waals surface area contributed by atoms with E-state index < -0.39 is 0 Å². The molecule has 3 heteroatoms. The van der Waals surface area contributed by atoms with Gasteiger partial charge in [-0.05, 0) is 44.9 Å². The van der Waals surface area contributed by atoms with Crippen LogP contribution in [-0.4, -0.2) is 30.3 Å². The SMILES string of the molecule is CCCNC(Cc1ncccc1C)C1COC(C)C1. The molecule has 0 aliphatic carbocycles. The van der Waals surface area contributed by atoms with E-state index in [1.165, 1.54) is 17.7 Å². The van der Waals surface area contributed by atoms with Crippen LogP contribution < -0.4 is 5.32 Å². The quantitative estimate of drug-likeness (QED) is 0.856. The third kappa shape index (κ3) is 4.02. The monoisotopic (exact) mass is 262 g/mol.